The van der Waals surface area contributed by atoms with Gasteiger partial charge in [-0.3, -0.25) is 4.79 Å². The molecule has 0 saturated carbocycles. The maximum atomic E-state index is 11.8. The average Bonchev–Trinajstić information content (AvgIpc) is 2.82. The molecule has 1 heterocycles. The summed E-state index contributed by atoms with van der Waals surface area (Å²) >= 11 is 1.13. The number of hydrogen-bond acceptors (Lipinski definition) is 5. The third-order valence-electron chi connectivity index (χ3n) is 1.93. The third-order valence-corrected chi connectivity index (χ3v) is 2.51. The predicted molar refractivity (Wildman–Crippen MR) is 60.9 cm³/mol. The normalized spacial score (nSPS) is 9.81. The number of nitrogens with zero attached hydrogens (tertiary/aromatic N) is 2. The second-order valence-corrected chi connectivity index (χ2v) is 3.75. The quantitative estimate of drug-likeness (QED) is 0.881. The lowest BCUT2D eigenvalue weighted by Crippen LogP contribution is -2.10. The van der Waals surface area contributed by atoms with E-state index >= 15 is 0 Å². The van der Waals surface area contributed by atoms with Crippen LogP contribution in [-0.4, -0.2) is 22.6 Å². The monoisotopic (exact) mass is 235 g/mol. The van der Waals surface area contributed by atoms with Gasteiger partial charge < -0.3 is 10.1 Å². The minimum atomic E-state index is -0.204. The molecule has 0 saturated heterocycles. The molecule has 0 spiro atoms. The summed E-state index contributed by atoms with van der Waals surface area (Å²) < 4.78 is 8.69. The van der Waals surface area contributed by atoms with Crippen molar-refractivity contribution in [3.63, 3.8) is 0 Å². The van der Waals surface area contributed by atoms with E-state index in [0.29, 0.717) is 16.3 Å². The summed E-state index contributed by atoms with van der Waals surface area (Å²) in [4.78, 5) is 11.8. The van der Waals surface area contributed by atoms with E-state index in [1.807, 2.05) is 0 Å². The molecule has 1 aromatic heterocycles. The zero-order valence-electron chi connectivity index (χ0n) is 8.51. The second kappa shape index (κ2) is 4.71. The van der Waals surface area contributed by atoms with E-state index in [0.717, 1.165) is 11.5 Å². The van der Waals surface area contributed by atoms with Gasteiger partial charge in [0.2, 0.25) is 0 Å². The van der Waals surface area contributed by atoms with Crippen LogP contribution in [0.5, 0.6) is 5.75 Å². The number of nitrogens with one attached hydrogen (secondary N) is 1. The minimum absolute atomic E-state index is 0.204. The van der Waals surface area contributed by atoms with E-state index in [1.54, 1.807) is 31.4 Å². The van der Waals surface area contributed by atoms with Crippen LogP contribution < -0.4 is 10.1 Å². The third kappa shape index (κ3) is 2.34. The Labute approximate surface area is 96.2 Å². The Morgan fingerprint density at radius 2 is 2.38 bits per heavy atom. The summed E-state index contributed by atoms with van der Waals surface area (Å²) in [7, 11) is 1.56. The maximum absolute atomic E-state index is 11.8. The lowest BCUT2D eigenvalue weighted by atomic mass is 10.2. The number of anilines is 1. The van der Waals surface area contributed by atoms with Crippen LogP contribution in [0, 0.1) is 0 Å². The highest BCUT2D eigenvalue weighted by Crippen LogP contribution is 2.15. The molecule has 0 fully saturated rings. The van der Waals surface area contributed by atoms with E-state index in [2.05, 4.69) is 14.9 Å². The zero-order valence-corrected chi connectivity index (χ0v) is 9.32. The molecule has 0 aliphatic heterocycles. The first-order valence-electron chi connectivity index (χ1n) is 4.52. The molecule has 6 heteroatoms. The van der Waals surface area contributed by atoms with Gasteiger partial charge >= 0.3 is 0 Å². The number of carbonyl (C=O) groups is 1. The van der Waals surface area contributed by atoms with Crippen molar-refractivity contribution in [2.75, 3.05) is 12.4 Å². The molecular weight excluding hydrogens is 226 g/mol. The largest absolute Gasteiger partial charge is 0.497 e. The Morgan fingerprint density at radius 3 is 3.06 bits per heavy atom. The second-order valence-electron chi connectivity index (χ2n) is 2.97. The van der Waals surface area contributed by atoms with E-state index in [4.69, 9.17) is 4.74 Å². The maximum Gasteiger partial charge on any atom is 0.256 e. The van der Waals surface area contributed by atoms with Crippen molar-refractivity contribution in [2.24, 2.45) is 0 Å². The summed E-state index contributed by atoms with van der Waals surface area (Å²) in [6.45, 7) is 0. The Balaban J connectivity index is 2.14. The number of aromatic nitrogens is 2. The van der Waals surface area contributed by atoms with Gasteiger partial charge in [-0.05, 0) is 18.2 Å². The van der Waals surface area contributed by atoms with Crippen LogP contribution in [0.2, 0.25) is 0 Å². The van der Waals surface area contributed by atoms with Gasteiger partial charge in [0.05, 0.1) is 13.3 Å². The van der Waals surface area contributed by atoms with Gasteiger partial charge in [-0.2, -0.15) is 0 Å². The minimum Gasteiger partial charge on any atom is -0.497 e. The van der Waals surface area contributed by atoms with Crippen LogP contribution in [0.15, 0.2) is 30.5 Å². The van der Waals surface area contributed by atoms with Crippen molar-refractivity contribution in [1.29, 1.82) is 0 Å². The summed E-state index contributed by atoms with van der Waals surface area (Å²) in [5.41, 5.74) is 0.535. The van der Waals surface area contributed by atoms with Crippen molar-refractivity contribution in [1.82, 2.24) is 9.59 Å². The molecule has 2 rings (SSSR count). The van der Waals surface area contributed by atoms with Crippen molar-refractivity contribution in [3.05, 3.63) is 36.0 Å². The highest BCUT2D eigenvalue weighted by Gasteiger charge is 2.07. The van der Waals surface area contributed by atoms with Crippen molar-refractivity contribution >= 4 is 22.4 Å². The molecule has 0 bridgehead atoms. The number of rotatable bonds is 3. The predicted octanol–water partition coefficient (Wildman–Crippen LogP) is 1.80. The van der Waals surface area contributed by atoms with Gasteiger partial charge in [0.25, 0.3) is 5.91 Å². The van der Waals surface area contributed by atoms with Gasteiger partial charge in [0.15, 0.2) is 0 Å². The SMILES string of the molecule is COc1cccc(C(=O)Nc2cnns2)c1. The first kappa shape index (κ1) is 10.6. The van der Waals surface area contributed by atoms with Gasteiger partial charge in [0, 0.05) is 17.1 Å². The molecule has 16 heavy (non-hydrogen) atoms. The lowest BCUT2D eigenvalue weighted by molar-refractivity contribution is 0.102. The molecule has 5 nitrogen and oxygen atoms in total. The van der Waals surface area contributed by atoms with Crippen molar-refractivity contribution in [3.8, 4) is 5.75 Å². The summed E-state index contributed by atoms with van der Waals surface area (Å²) in [6, 6.07) is 6.93. The number of methoxy groups -OCH3 is 1. The average molecular weight is 235 g/mol. The van der Waals surface area contributed by atoms with Crippen molar-refractivity contribution in [2.45, 2.75) is 0 Å². The van der Waals surface area contributed by atoms with Gasteiger partial charge in [0.1, 0.15) is 10.8 Å². The summed E-state index contributed by atoms with van der Waals surface area (Å²) in [6.07, 6.45) is 1.50. The molecule has 1 aromatic carbocycles. The van der Waals surface area contributed by atoms with E-state index < -0.39 is 0 Å². The van der Waals surface area contributed by atoms with Crippen LogP contribution >= 0.6 is 11.5 Å². The number of ether oxygens (including phenoxy) is 1. The fourth-order valence-electron chi connectivity index (χ4n) is 1.17. The number of amides is 1. The molecule has 82 valence electrons. The lowest BCUT2D eigenvalue weighted by Gasteiger charge is -2.03. The molecule has 0 unspecified atom stereocenters. The smallest absolute Gasteiger partial charge is 0.256 e. The van der Waals surface area contributed by atoms with E-state index in [1.165, 1.54) is 6.20 Å². The van der Waals surface area contributed by atoms with Gasteiger partial charge in [-0.1, -0.05) is 10.6 Å². The molecule has 0 aliphatic carbocycles. The Bertz CT molecular complexity index is 485. The summed E-state index contributed by atoms with van der Waals surface area (Å²) in [5.74, 6) is 0.444. The molecule has 2 aromatic rings. The Hall–Kier alpha value is -1.95. The fraction of sp³-hybridized carbons (Fsp3) is 0.100. The Morgan fingerprint density at radius 1 is 1.50 bits per heavy atom. The van der Waals surface area contributed by atoms with Crippen molar-refractivity contribution < 1.29 is 9.53 Å². The fourth-order valence-corrected chi connectivity index (χ4v) is 1.59. The van der Waals surface area contributed by atoms with Crippen LogP contribution in [0.3, 0.4) is 0 Å². The van der Waals surface area contributed by atoms with E-state index in [9.17, 15) is 4.79 Å². The summed E-state index contributed by atoms with van der Waals surface area (Å²) in [5, 5.41) is 6.94. The van der Waals surface area contributed by atoms with Gasteiger partial charge in [-0.25, -0.2) is 0 Å². The number of hydrogen-bond donors (Lipinski definition) is 1. The molecule has 1 amide bonds. The molecule has 0 radical (unpaired) electrons. The zero-order chi connectivity index (χ0) is 11.4. The molecule has 0 aliphatic rings. The highest BCUT2D eigenvalue weighted by molar-refractivity contribution is 7.10. The van der Waals surface area contributed by atoms with Crippen LogP contribution in [-0.2, 0) is 0 Å². The number of carbonyl (C=O) groups excluding carboxylic acids is 1. The topological polar surface area (TPSA) is 64.1 Å². The molecular formula is C10H9N3O2S. The van der Waals surface area contributed by atoms with Crippen LogP contribution in [0.1, 0.15) is 10.4 Å². The Kier molecular flexibility index (Phi) is 3.11. The highest BCUT2D eigenvalue weighted by atomic mass is 32.1. The van der Waals surface area contributed by atoms with Gasteiger partial charge in [-0.15, -0.1) is 5.10 Å². The van der Waals surface area contributed by atoms with Crippen LogP contribution in [0.4, 0.5) is 5.00 Å². The number of benzene rings is 1. The first-order valence-corrected chi connectivity index (χ1v) is 5.29. The first-order chi connectivity index (χ1) is 7.79. The van der Waals surface area contributed by atoms with Crippen LogP contribution in [0.25, 0.3) is 0 Å². The molecule has 1 N–H and O–H groups in total. The standard InChI is InChI=1S/C10H9N3O2S/c1-15-8-4-2-3-7(5-8)10(14)12-9-6-11-13-16-9/h2-6H,1H3,(H,12,14). The molecule has 0 atom stereocenters. The van der Waals surface area contributed by atoms with E-state index in [-0.39, 0.29) is 5.91 Å².